The number of aromatic amines is 1. The molecule has 3 aromatic carbocycles. The maximum Gasteiger partial charge on any atom is 0.411 e. The fourth-order valence-corrected chi connectivity index (χ4v) is 6.30. The molecule has 10 heteroatoms. The number of benzene rings is 3. The number of amides is 2. The lowest BCUT2D eigenvalue weighted by Crippen LogP contribution is -2.35. The number of likely N-dealkylation sites (N-methyl/N-ethyl adjacent to an activating group) is 1. The van der Waals surface area contributed by atoms with Gasteiger partial charge in [0, 0.05) is 54.1 Å². The number of nitrogens with zero attached hydrogens (tertiary/aromatic N) is 1. The van der Waals surface area contributed by atoms with Crippen LogP contribution in [0.5, 0.6) is 5.75 Å². The first-order chi connectivity index (χ1) is 21.7. The zero-order valence-corrected chi connectivity index (χ0v) is 25.6. The summed E-state index contributed by atoms with van der Waals surface area (Å²) in [6.45, 7) is 4.04. The number of hydrogen-bond donors (Lipinski definition) is 3. The molecule has 234 valence electrons. The Morgan fingerprint density at radius 2 is 1.82 bits per heavy atom. The van der Waals surface area contributed by atoms with Gasteiger partial charge in [-0.15, -0.1) is 0 Å². The molecular weight excluding hydrogens is 575 g/mol. The van der Waals surface area contributed by atoms with E-state index in [2.05, 4.69) is 15.6 Å². The summed E-state index contributed by atoms with van der Waals surface area (Å²) in [7, 11) is 1.65. The molecule has 4 bridgehead atoms. The molecule has 0 saturated heterocycles. The zero-order valence-electron chi connectivity index (χ0n) is 25.6. The van der Waals surface area contributed by atoms with Gasteiger partial charge in [0.25, 0.3) is 5.56 Å². The van der Waals surface area contributed by atoms with Crippen LogP contribution in [0.2, 0.25) is 0 Å². The number of ether oxygens (including phenoxy) is 2. The van der Waals surface area contributed by atoms with Crippen LogP contribution in [-0.2, 0) is 16.1 Å². The van der Waals surface area contributed by atoms with Crippen LogP contribution in [0.25, 0.3) is 10.8 Å². The molecule has 1 fully saturated rings. The van der Waals surface area contributed by atoms with Crippen molar-refractivity contribution in [1.29, 1.82) is 0 Å². The second-order valence-corrected chi connectivity index (χ2v) is 12.1. The van der Waals surface area contributed by atoms with Crippen molar-refractivity contribution < 1.29 is 23.5 Å². The third kappa shape index (κ3) is 6.50. The molecule has 4 aromatic rings. The van der Waals surface area contributed by atoms with Crippen molar-refractivity contribution in [1.82, 2.24) is 9.88 Å². The van der Waals surface area contributed by atoms with Crippen LogP contribution in [0.15, 0.2) is 65.6 Å². The average molecular weight is 613 g/mol. The van der Waals surface area contributed by atoms with Gasteiger partial charge in [-0.2, -0.15) is 0 Å². The van der Waals surface area contributed by atoms with Crippen molar-refractivity contribution in [2.24, 2.45) is 0 Å². The van der Waals surface area contributed by atoms with Gasteiger partial charge in [-0.05, 0) is 78.9 Å². The summed E-state index contributed by atoms with van der Waals surface area (Å²) in [6, 6.07) is 15.0. The van der Waals surface area contributed by atoms with E-state index >= 15 is 4.39 Å². The Bertz CT molecular complexity index is 1820. The van der Waals surface area contributed by atoms with Crippen LogP contribution in [-0.4, -0.2) is 41.6 Å². The third-order valence-corrected chi connectivity index (χ3v) is 8.69. The van der Waals surface area contributed by atoms with E-state index in [1.165, 1.54) is 11.0 Å². The SMILES string of the molecule is Cc1cc2ccc1[C@@H](C)COC(=O)Nc1cc(F)c(OC3CCCC3)c(c1)CN(C)C(=O)[C@@H]2Nc1ccc2cc[nH]c(=O)c2c1. The van der Waals surface area contributed by atoms with Crippen LogP contribution in [0.1, 0.15) is 66.8 Å². The van der Waals surface area contributed by atoms with E-state index in [0.29, 0.717) is 16.6 Å². The second-order valence-electron chi connectivity index (χ2n) is 12.1. The number of carbonyl (C=O) groups excluding carboxylic acids is 2. The first-order valence-electron chi connectivity index (χ1n) is 15.3. The van der Waals surface area contributed by atoms with Crippen LogP contribution in [0.3, 0.4) is 0 Å². The molecule has 0 spiro atoms. The van der Waals surface area contributed by atoms with Gasteiger partial charge in [0.2, 0.25) is 5.91 Å². The van der Waals surface area contributed by atoms with Crippen molar-refractivity contribution in [2.45, 2.75) is 64.1 Å². The summed E-state index contributed by atoms with van der Waals surface area (Å²) in [5.74, 6) is -0.946. The van der Waals surface area contributed by atoms with Gasteiger partial charge in [-0.3, -0.25) is 14.9 Å². The Kier molecular flexibility index (Phi) is 8.47. The topological polar surface area (TPSA) is 113 Å². The average Bonchev–Trinajstić information content (AvgIpc) is 3.53. The van der Waals surface area contributed by atoms with E-state index in [1.54, 1.807) is 25.4 Å². The van der Waals surface area contributed by atoms with E-state index in [9.17, 15) is 14.4 Å². The lowest BCUT2D eigenvalue weighted by atomic mass is 9.93. The van der Waals surface area contributed by atoms with Crippen LogP contribution < -0.4 is 20.9 Å². The summed E-state index contributed by atoms with van der Waals surface area (Å²) in [5, 5.41) is 7.29. The molecule has 2 atom stereocenters. The van der Waals surface area contributed by atoms with Crippen molar-refractivity contribution in [2.75, 3.05) is 24.3 Å². The monoisotopic (exact) mass is 612 g/mol. The molecule has 0 radical (unpaired) electrons. The fraction of sp³-hybridized carbons (Fsp3) is 0.343. The minimum Gasteiger partial charge on any atom is -0.487 e. The number of aromatic nitrogens is 1. The van der Waals surface area contributed by atoms with Gasteiger partial charge in [0.1, 0.15) is 6.04 Å². The van der Waals surface area contributed by atoms with Gasteiger partial charge >= 0.3 is 6.09 Å². The molecule has 2 aliphatic heterocycles. The summed E-state index contributed by atoms with van der Waals surface area (Å²) < 4.78 is 27.3. The molecule has 45 heavy (non-hydrogen) atoms. The molecule has 7 rings (SSSR count). The summed E-state index contributed by atoms with van der Waals surface area (Å²) in [5.41, 5.74) is 3.64. The number of aryl methyl sites for hydroxylation is 1. The highest BCUT2D eigenvalue weighted by Crippen LogP contribution is 2.34. The van der Waals surface area contributed by atoms with Gasteiger partial charge < -0.3 is 24.7 Å². The number of carbonyl (C=O) groups is 2. The highest BCUT2D eigenvalue weighted by atomic mass is 19.1. The van der Waals surface area contributed by atoms with E-state index in [0.717, 1.165) is 47.8 Å². The number of nitrogens with one attached hydrogen (secondary N) is 3. The first kappa shape index (κ1) is 30.2. The second kappa shape index (κ2) is 12.6. The number of H-pyrrole nitrogens is 1. The molecular formula is C35H37FN4O5. The largest absolute Gasteiger partial charge is 0.487 e. The molecule has 1 aliphatic carbocycles. The van der Waals surface area contributed by atoms with Gasteiger partial charge in [-0.1, -0.05) is 31.2 Å². The number of anilines is 2. The van der Waals surface area contributed by atoms with E-state index in [4.69, 9.17) is 9.47 Å². The molecule has 1 aromatic heterocycles. The number of fused-ring (bicyclic) bond motifs is 10. The van der Waals surface area contributed by atoms with Gasteiger partial charge in [-0.25, -0.2) is 9.18 Å². The molecule has 2 amide bonds. The Balaban J connectivity index is 1.41. The third-order valence-electron chi connectivity index (χ3n) is 8.69. The molecule has 0 unspecified atom stereocenters. The molecule has 3 heterocycles. The number of pyridine rings is 1. The van der Waals surface area contributed by atoms with Crippen LogP contribution in [0.4, 0.5) is 20.6 Å². The van der Waals surface area contributed by atoms with Crippen molar-refractivity contribution in [3.05, 3.63) is 99.2 Å². The fourth-order valence-electron chi connectivity index (χ4n) is 6.30. The number of hydrogen-bond acceptors (Lipinski definition) is 6. The van der Waals surface area contributed by atoms with Crippen molar-refractivity contribution in [3.8, 4) is 5.75 Å². The quantitative estimate of drug-likeness (QED) is 0.234. The smallest absolute Gasteiger partial charge is 0.411 e. The van der Waals surface area contributed by atoms with Crippen molar-refractivity contribution in [3.63, 3.8) is 0 Å². The Hall–Kier alpha value is -4.86. The molecule has 3 N–H and O–H groups in total. The lowest BCUT2D eigenvalue weighted by molar-refractivity contribution is -0.131. The lowest BCUT2D eigenvalue weighted by Gasteiger charge is -2.28. The van der Waals surface area contributed by atoms with Crippen LogP contribution in [0, 0.1) is 12.7 Å². The molecule has 1 saturated carbocycles. The normalized spacial score (nSPS) is 19.4. The van der Waals surface area contributed by atoms with Crippen LogP contribution >= 0.6 is 0 Å². The maximum atomic E-state index is 15.6. The van der Waals surface area contributed by atoms with Crippen molar-refractivity contribution >= 4 is 34.1 Å². The zero-order chi connectivity index (χ0) is 31.7. The number of halogens is 1. The Morgan fingerprint density at radius 3 is 2.60 bits per heavy atom. The highest BCUT2D eigenvalue weighted by molar-refractivity contribution is 5.89. The highest BCUT2D eigenvalue weighted by Gasteiger charge is 2.28. The predicted molar refractivity (Wildman–Crippen MR) is 171 cm³/mol. The van der Waals surface area contributed by atoms with E-state index in [1.807, 2.05) is 50.2 Å². The molecule has 9 nitrogen and oxygen atoms in total. The van der Waals surface area contributed by atoms with E-state index < -0.39 is 18.0 Å². The standard InChI is InChI=1S/C35H37FN4O5/c1-20-14-23-9-11-28(20)21(2)19-44-35(43)39-26-15-24(32(30(36)17-26)45-27-6-4-5-7-27)18-40(3)34(42)31(23)38-25-10-8-22-12-13-37-33(41)29(22)16-25/h8-17,21,27,31,38H,4-7,18-19H2,1-3H3,(H,37,41)(H,39,43)/t21-,31+/m0/s1. The maximum absolute atomic E-state index is 15.6. The van der Waals surface area contributed by atoms with E-state index in [-0.39, 0.29) is 48.1 Å². The number of rotatable bonds is 4. The predicted octanol–water partition coefficient (Wildman–Crippen LogP) is 6.77. The Labute approximate surface area is 260 Å². The summed E-state index contributed by atoms with van der Waals surface area (Å²) in [4.78, 5) is 43.7. The van der Waals surface area contributed by atoms with Gasteiger partial charge in [0.05, 0.1) is 12.7 Å². The Morgan fingerprint density at radius 1 is 1.02 bits per heavy atom. The minimum atomic E-state index is -0.825. The van der Waals surface area contributed by atoms with Gasteiger partial charge in [0.15, 0.2) is 11.6 Å². The summed E-state index contributed by atoms with van der Waals surface area (Å²) >= 11 is 0. The minimum absolute atomic E-state index is 0.0199. The molecule has 3 aliphatic rings. The summed E-state index contributed by atoms with van der Waals surface area (Å²) in [6.07, 6.45) is 4.46. The first-order valence-corrected chi connectivity index (χ1v) is 15.3.